The molecule has 24 heavy (non-hydrogen) atoms. The SMILES string of the molecule is C=C1c2ccccc2C(=C)C1Cc1ccc2c(c1)C(C)(C)C(C)=N2. The highest BCUT2D eigenvalue weighted by Gasteiger charge is 2.33. The Morgan fingerprint density at radius 1 is 1.00 bits per heavy atom. The lowest BCUT2D eigenvalue weighted by atomic mass is 9.80. The van der Waals surface area contributed by atoms with E-state index in [1.54, 1.807) is 0 Å². The van der Waals surface area contributed by atoms with E-state index in [2.05, 4.69) is 76.4 Å². The number of hydrogen-bond acceptors (Lipinski definition) is 1. The molecule has 0 atom stereocenters. The maximum atomic E-state index is 4.72. The van der Waals surface area contributed by atoms with Gasteiger partial charge in [-0.15, -0.1) is 0 Å². The smallest absolute Gasteiger partial charge is 0.0670 e. The summed E-state index contributed by atoms with van der Waals surface area (Å²) < 4.78 is 0. The van der Waals surface area contributed by atoms with E-state index < -0.39 is 0 Å². The number of benzene rings is 2. The van der Waals surface area contributed by atoms with Gasteiger partial charge < -0.3 is 0 Å². The zero-order valence-electron chi connectivity index (χ0n) is 14.7. The molecule has 0 saturated heterocycles. The maximum Gasteiger partial charge on any atom is 0.0670 e. The Kier molecular flexibility index (Phi) is 3.18. The molecular weight excluding hydrogens is 290 g/mol. The lowest BCUT2D eigenvalue weighted by Gasteiger charge is -2.21. The van der Waals surface area contributed by atoms with Crippen molar-refractivity contribution in [1.82, 2.24) is 0 Å². The molecule has 0 unspecified atom stereocenters. The van der Waals surface area contributed by atoms with Crippen molar-refractivity contribution < 1.29 is 0 Å². The summed E-state index contributed by atoms with van der Waals surface area (Å²) in [5, 5.41) is 0. The van der Waals surface area contributed by atoms with Crippen LogP contribution in [-0.2, 0) is 11.8 Å². The fourth-order valence-electron chi connectivity index (χ4n) is 3.93. The Morgan fingerprint density at radius 2 is 1.62 bits per heavy atom. The fraction of sp³-hybridized carbons (Fsp3) is 0.261. The second kappa shape index (κ2) is 5.04. The van der Waals surface area contributed by atoms with Gasteiger partial charge in [-0.2, -0.15) is 0 Å². The van der Waals surface area contributed by atoms with Gasteiger partial charge in [0.25, 0.3) is 0 Å². The molecule has 0 radical (unpaired) electrons. The Morgan fingerprint density at radius 3 is 2.25 bits per heavy atom. The van der Waals surface area contributed by atoms with Crippen LogP contribution in [0.2, 0.25) is 0 Å². The first-order valence-corrected chi connectivity index (χ1v) is 8.56. The van der Waals surface area contributed by atoms with Crippen molar-refractivity contribution in [3.63, 3.8) is 0 Å². The highest BCUT2D eigenvalue weighted by atomic mass is 14.8. The van der Waals surface area contributed by atoms with E-state index in [1.807, 2.05) is 0 Å². The third kappa shape index (κ3) is 2.04. The second-order valence-corrected chi connectivity index (χ2v) is 7.53. The van der Waals surface area contributed by atoms with Gasteiger partial charge in [0.15, 0.2) is 0 Å². The summed E-state index contributed by atoms with van der Waals surface area (Å²) in [5.74, 6) is 0.298. The van der Waals surface area contributed by atoms with Crippen LogP contribution in [0.15, 0.2) is 60.6 Å². The highest BCUT2D eigenvalue weighted by molar-refractivity contribution is 5.99. The first kappa shape index (κ1) is 15.1. The van der Waals surface area contributed by atoms with Gasteiger partial charge in [-0.25, -0.2) is 0 Å². The van der Waals surface area contributed by atoms with Crippen LogP contribution in [0.3, 0.4) is 0 Å². The standard InChI is InChI=1S/C23H23N/c1-14-18-8-6-7-9-19(18)15(2)20(14)12-17-10-11-22-21(13-17)23(4,5)16(3)24-22/h6-11,13,20H,1-2,12H2,3-5H3. The van der Waals surface area contributed by atoms with Gasteiger partial charge in [-0.1, -0.05) is 63.4 Å². The highest BCUT2D eigenvalue weighted by Crippen LogP contribution is 2.46. The van der Waals surface area contributed by atoms with Crippen molar-refractivity contribution in [3.05, 3.63) is 77.9 Å². The molecule has 0 spiro atoms. The zero-order chi connectivity index (χ0) is 17.1. The van der Waals surface area contributed by atoms with E-state index in [1.165, 1.54) is 39.1 Å². The zero-order valence-corrected chi connectivity index (χ0v) is 14.7. The maximum absolute atomic E-state index is 4.72. The predicted octanol–water partition coefficient (Wildman–Crippen LogP) is 5.97. The summed E-state index contributed by atoms with van der Waals surface area (Å²) in [6.45, 7) is 15.3. The molecule has 0 fully saturated rings. The van der Waals surface area contributed by atoms with E-state index in [-0.39, 0.29) is 5.41 Å². The van der Waals surface area contributed by atoms with Crippen LogP contribution in [0, 0.1) is 5.92 Å². The summed E-state index contributed by atoms with van der Waals surface area (Å²) in [7, 11) is 0. The van der Waals surface area contributed by atoms with Crippen molar-refractivity contribution in [3.8, 4) is 0 Å². The molecule has 120 valence electrons. The third-order valence-electron chi connectivity index (χ3n) is 5.83. The average Bonchev–Trinajstić information content (AvgIpc) is 2.94. The topological polar surface area (TPSA) is 12.4 Å². The van der Waals surface area contributed by atoms with Crippen LogP contribution in [0.4, 0.5) is 5.69 Å². The fourth-order valence-corrected chi connectivity index (χ4v) is 3.93. The molecule has 0 N–H and O–H groups in total. The quantitative estimate of drug-likeness (QED) is 0.647. The van der Waals surface area contributed by atoms with Crippen molar-refractivity contribution in [1.29, 1.82) is 0 Å². The van der Waals surface area contributed by atoms with Crippen molar-refractivity contribution in [2.45, 2.75) is 32.6 Å². The Hall–Kier alpha value is -2.41. The summed E-state index contributed by atoms with van der Waals surface area (Å²) in [6.07, 6.45) is 0.953. The third-order valence-corrected chi connectivity index (χ3v) is 5.83. The Balaban J connectivity index is 1.66. The molecular formula is C23H23N. The summed E-state index contributed by atoms with van der Waals surface area (Å²) in [5.41, 5.74) is 9.92. The molecule has 2 aromatic rings. The van der Waals surface area contributed by atoms with E-state index in [9.17, 15) is 0 Å². The van der Waals surface area contributed by atoms with E-state index in [4.69, 9.17) is 4.99 Å². The minimum Gasteiger partial charge on any atom is -0.257 e. The Labute approximate surface area is 144 Å². The van der Waals surface area contributed by atoms with Crippen molar-refractivity contribution in [2.24, 2.45) is 10.9 Å². The molecule has 1 aliphatic carbocycles. The molecule has 4 rings (SSSR count). The molecule has 0 aromatic heterocycles. The molecule has 1 nitrogen and oxygen atoms in total. The van der Waals surface area contributed by atoms with Crippen molar-refractivity contribution in [2.75, 3.05) is 0 Å². The van der Waals surface area contributed by atoms with Crippen molar-refractivity contribution >= 4 is 22.5 Å². The lowest BCUT2D eigenvalue weighted by molar-refractivity contribution is 0.729. The van der Waals surface area contributed by atoms with Gasteiger partial charge in [0.05, 0.1) is 5.69 Å². The molecule has 1 aliphatic heterocycles. The summed E-state index contributed by atoms with van der Waals surface area (Å²) >= 11 is 0. The van der Waals surface area contributed by atoms with Crippen LogP contribution in [0.25, 0.3) is 11.1 Å². The molecule has 2 aliphatic rings. The number of hydrogen-bond donors (Lipinski definition) is 0. The van der Waals surface area contributed by atoms with Gasteiger partial charge in [-0.3, -0.25) is 4.99 Å². The lowest BCUT2D eigenvalue weighted by Crippen LogP contribution is -2.22. The molecule has 2 aromatic carbocycles. The van der Waals surface area contributed by atoms with Gasteiger partial charge >= 0.3 is 0 Å². The van der Waals surface area contributed by atoms with E-state index in [0.717, 1.165) is 12.1 Å². The molecule has 1 heterocycles. The van der Waals surface area contributed by atoms with Crippen LogP contribution >= 0.6 is 0 Å². The predicted molar refractivity (Wildman–Crippen MR) is 104 cm³/mol. The molecule has 0 bridgehead atoms. The molecule has 0 saturated carbocycles. The first-order chi connectivity index (χ1) is 11.4. The largest absolute Gasteiger partial charge is 0.257 e. The number of aliphatic imine (C=N–C) groups is 1. The summed E-state index contributed by atoms with van der Waals surface area (Å²) in [4.78, 5) is 4.72. The van der Waals surface area contributed by atoms with Gasteiger partial charge in [0, 0.05) is 17.0 Å². The van der Waals surface area contributed by atoms with E-state index >= 15 is 0 Å². The number of nitrogens with zero attached hydrogens (tertiary/aromatic N) is 1. The van der Waals surface area contributed by atoms with Crippen LogP contribution in [-0.4, -0.2) is 5.71 Å². The summed E-state index contributed by atoms with van der Waals surface area (Å²) in [6, 6.07) is 15.2. The number of rotatable bonds is 2. The molecule has 1 heteroatoms. The number of allylic oxidation sites excluding steroid dienone is 2. The van der Waals surface area contributed by atoms with Crippen LogP contribution in [0.1, 0.15) is 43.0 Å². The average molecular weight is 313 g/mol. The van der Waals surface area contributed by atoms with Gasteiger partial charge in [0.2, 0.25) is 0 Å². The second-order valence-electron chi connectivity index (χ2n) is 7.53. The minimum absolute atomic E-state index is 0.0258. The van der Waals surface area contributed by atoms with Crippen LogP contribution in [0.5, 0.6) is 0 Å². The van der Waals surface area contributed by atoms with Gasteiger partial charge in [0.1, 0.15) is 0 Å². The minimum atomic E-state index is 0.0258. The Bertz CT molecular complexity index is 876. The monoisotopic (exact) mass is 313 g/mol. The normalized spacial score (nSPS) is 18.5. The van der Waals surface area contributed by atoms with Crippen LogP contribution < -0.4 is 0 Å². The molecule has 0 amide bonds. The number of fused-ring (bicyclic) bond motifs is 2. The first-order valence-electron chi connectivity index (χ1n) is 8.56. The van der Waals surface area contributed by atoms with E-state index in [0.29, 0.717) is 5.92 Å². The van der Waals surface area contributed by atoms with Gasteiger partial charge in [-0.05, 0) is 52.8 Å².